The fourth-order valence-corrected chi connectivity index (χ4v) is 1.96. The molecule has 1 amide bonds. The maximum Gasteiger partial charge on any atom is 0.335 e. The summed E-state index contributed by atoms with van der Waals surface area (Å²) in [6, 6.07) is 4.16. The minimum absolute atomic E-state index is 0.0503. The van der Waals surface area contributed by atoms with Crippen LogP contribution in [0.4, 0.5) is 5.69 Å². The smallest absolute Gasteiger partial charge is 0.335 e. The fraction of sp³-hybridized carbons (Fsp3) is 0.429. The summed E-state index contributed by atoms with van der Waals surface area (Å²) in [7, 11) is 0. The van der Waals surface area contributed by atoms with Gasteiger partial charge < -0.3 is 20.8 Å². The highest BCUT2D eigenvalue weighted by Gasteiger charge is 2.11. The lowest BCUT2D eigenvalue weighted by Gasteiger charge is -2.15. The van der Waals surface area contributed by atoms with E-state index >= 15 is 0 Å². The van der Waals surface area contributed by atoms with Crippen LogP contribution in [0, 0.1) is 0 Å². The Morgan fingerprint density at radius 2 is 2.10 bits per heavy atom. The Bertz CT molecular complexity index is 508. The summed E-state index contributed by atoms with van der Waals surface area (Å²) in [6.45, 7) is 2.07. The molecule has 0 heterocycles. The number of hydrogen-bond acceptors (Lipinski definition) is 4. The topological polar surface area (TPSA) is 98.7 Å². The number of aliphatic hydroxyl groups excluding tert-OH is 1. The first-order valence-electron chi connectivity index (χ1n) is 6.64. The number of aromatic carboxylic acids is 1. The molecule has 0 spiro atoms. The maximum atomic E-state index is 11.8. The highest BCUT2D eigenvalue weighted by molar-refractivity contribution is 6.33. The molecule has 116 valence electrons. The van der Waals surface area contributed by atoms with E-state index in [1.165, 1.54) is 18.2 Å². The Balaban J connectivity index is 2.62. The number of halogens is 1. The standard InChI is InChI=1S/C14H19ClN2O4/c1-2-10(5-6-18)16-8-13(19)17-12-7-9(14(20)21)3-4-11(12)15/h3-4,7,10,16,18H,2,5-6,8H2,1H3,(H,17,19)(H,20,21). The van der Waals surface area contributed by atoms with Crippen LogP contribution < -0.4 is 10.6 Å². The van der Waals surface area contributed by atoms with Crippen molar-refractivity contribution in [3.8, 4) is 0 Å². The van der Waals surface area contributed by atoms with E-state index in [1.54, 1.807) is 0 Å². The summed E-state index contributed by atoms with van der Waals surface area (Å²) in [6.07, 6.45) is 1.36. The summed E-state index contributed by atoms with van der Waals surface area (Å²) in [5.74, 6) is -1.41. The molecule has 0 aliphatic rings. The molecule has 0 aliphatic carbocycles. The summed E-state index contributed by atoms with van der Waals surface area (Å²) in [4.78, 5) is 22.7. The lowest BCUT2D eigenvalue weighted by atomic mass is 10.1. The summed E-state index contributed by atoms with van der Waals surface area (Å²) in [5.41, 5.74) is 0.313. The fourth-order valence-electron chi connectivity index (χ4n) is 1.79. The first-order valence-corrected chi connectivity index (χ1v) is 7.02. The number of carbonyl (C=O) groups excluding carboxylic acids is 1. The molecule has 0 bridgehead atoms. The number of carboxylic acids is 1. The normalized spacial score (nSPS) is 12.0. The van der Waals surface area contributed by atoms with Gasteiger partial charge in [-0.05, 0) is 31.0 Å². The maximum absolute atomic E-state index is 11.8. The molecule has 21 heavy (non-hydrogen) atoms. The molecule has 1 aromatic rings. The average Bonchev–Trinajstić information content (AvgIpc) is 2.45. The third-order valence-electron chi connectivity index (χ3n) is 3.01. The summed E-state index contributed by atoms with van der Waals surface area (Å²) < 4.78 is 0. The Hall–Kier alpha value is -1.63. The van der Waals surface area contributed by atoms with Crippen LogP contribution in [-0.4, -0.2) is 41.3 Å². The molecule has 1 unspecified atom stereocenters. The van der Waals surface area contributed by atoms with E-state index in [4.69, 9.17) is 21.8 Å². The lowest BCUT2D eigenvalue weighted by molar-refractivity contribution is -0.115. The van der Waals surface area contributed by atoms with Gasteiger partial charge in [-0.15, -0.1) is 0 Å². The Labute approximate surface area is 128 Å². The van der Waals surface area contributed by atoms with Crippen molar-refractivity contribution < 1.29 is 19.8 Å². The number of anilines is 1. The molecule has 0 aliphatic heterocycles. The van der Waals surface area contributed by atoms with Crippen molar-refractivity contribution in [1.29, 1.82) is 0 Å². The predicted molar refractivity (Wildman–Crippen MR) is 80.8 cm³/mol. The number of rotatable bonds is 8. The summed E-state index contributed by atoms with van der Waals surface area (Å²) >= 11 is 5.92. The van der Waals surface area contributed by atoms with Crippen molar-refractivity contribution in [2.75, 3.05) is 18.5 Å². The van der Waals surface area contributed by atoms with Crippen molar-refractivity contribution in [3.63, 3.8) is 0 Å². The molecule has 0 saturated carbocycles. The molecule has 0 aromatic heterocycles. The van der Waals surface area contributed by atoms with Crippen LogP contribution in [0.15, 0.2) is 18.2 Å². The third-order valence-corrected chi connectivity index (χ3v) is 3.34. The first-order chi connectivity index (χ1) is 9.97. The van der Waals surface area contributed by atoms with Gasteiger partial charge in [0.15, 0.2) is 0 Å². The molecular formula is C14H19ClN2O4. The van der Waals surface area contributed by atoms with Gasteiger partial charge in [-0.1, -0.05) is 18.5 Å². The Morgan fingerprint density at radius 1 is 1.38 bits per heavy atom. The zero-order chi connectivity index (χ0) is 15.8. The van der Waals surface area contributed by atoms with Crippen LogP contribution in [0.25, 0.3) is 0 Å². The van der Waals surface area contributed by atoms with Crippen molar-refractivity contribution in [2.24, 2.45) is 0 Å². The number of amides is 1. The molecule has 7 heteroatoms. The highest BCUT2D eigenvalue weighted by atomic mass is 35.5. The molecule has 0 fully saturated rings. The zero-order valence-corrected chi connectivity index (χ0v) is 12.5. The van der Waals surface area contributed by atoms with Gasteiger partial charge in [0.05, 0.1) is 22.8 Å². The molecule has 1 atom stereocenters. The van der Waals surface area contributed by atoms with Gasteiger partial charge in [0.2, 0.25) is 5.91 Å². The van der Waals surface area contributed by atoms with Gasteiger partial charge in [0.25, 0.3) is 0 Å². The molecule has 0 saturated heterocycles. The predicted octanol–water partition coefficient (Wildman–Crippen LogP) is 1.73. The largest absolute Gasteiger partial charge is 0.478 e. The summed E-state index contributed by atoms with van der Waals surface area (Å²) in [5, 5.41) is 23.6. The van der Waals surface area contributed by atoms with E-state index in [-0.39, 0.29) is 41.4 Å². The Kier molecular flexibility index (Phi) is 7.14. The van der Waals surface area contributed by atoms with E-state index in [0.29, 0.717) is 6.42 Å². The minimum Gasteiger partial charge on any atom is -0.478 e. The lowest BCUT2D eigenvalue weighted by Crippen LogP contribution is -2.36. The third kappa shape index (κ3) is 5.71. The highest BCUT2D eigenvalue weighted by Crippen LogP contribution is 2.23. The van der Waals surface area contributed by atoms with E-state index in [2.05, 4.69) is 10.6 Å². The number of benzene rings is 1. The zero-order valence-electron chi connectivity index (χ0n) is 11.7. The van der Waals surface area contributed by atoms with Crippen LogP contribution in [0.3, 0.4) is 0 Å². The number of carbonyl (C=O) groups is 2. The van der Waals surface area contributed by atoms with Gasteiger partial charge >= 0.3 is 5.97 Å². The number of aliphatic hydroxyl groups is 1. The second kappa shape index (κ2) is 8.61. The van der Waals surface area contributed by atoms with Gasteiger partial charge in [0.1, 0.15) is 0 Å². The molecule has 4 N–H and O–H groups in total. The quantitative estimate of drug-likeness (QED) is 0.585. The SMILES string of the molecule is CCC(CCO)NCC(=O)Nc1cc(C(=O)O)ccc1Cl. The number of carboxylic acid groups (broad SMARTS) is 1. The monoisotopic (exact) mass is 314 g/mol. The van der Waals surface area contributed by atoms with Crippen molar-refractivity contribution >= 4 is 29.2 Å². The van der Waals surface area contributed by atoms with Crippen molar-refractivity contribution in [1.82, 2.24) is 5.32 Å². The molecule has 1 aromatic carbocycles. The van der Waals surface area contributed by atoms with Crippen LogP contribution in [0.5, 0.6) is 0 Å². The molecule has 0 radical (unpaired) electrons. The van der Waals surface area contributed by atoms with Gasteiger partial charge in [0, 0.05) is 12.6 Å². The van der Waals surface area contributed by atoms with Crippen LogP contribution >= 0.6 is 11.6 Å². The number of nitrogens with one attached hydrogen (secondary N) is 2. The van der Waals surface area contributed by atoms with E-state index < -0.39 is 5.97 Å². The molecular weight excluding hydrogens is 296 g/mol. The van der Waals surface area contributed by atoms with Gasteiger partial charge in [-0.25, -0.2) is 4.79 Å². The van der Waals surface area contributed by atoms with Crippen molar-refractivity contribution in [2.45, 2.75) is 25.8 Å². The second-order valence-corrected chi connectivity index (χ2v) is 4.95. The van der Waals surface area contributed by atoms with Gasteiger partial charge in [-0.2, -0.15) is 0 Å². The van der Waals surface area contributed by atoms with Crippen LogP contribution in [-0.2, 0) is 4.79 Å². The van der Waals surface area contributed by atoms with E-state index in [1.807, 2.05) is 6.92 Å². The minimum atomic E-state index is -1.09. The molecule has 1 rings (SSSR count). The van der Waals surface area contributed by atoms with E-state index in [9.17, 15) is 9.59 Å². The average molecular weight is 315 g/mol. The van der Waals surface area contributed by atoms with Crippen LogP contribution in [0.2, 0.25) is 5.02 Å². The molecule has 6 nitrogen and oxygen atoms in total. The van der Waals surface area contributed by atoms with Crippen LogP contribution in [0.1, 0.15) is 30.1 Å². The van der Waals surface area contributed by atoms with Gasteiger partial charge in [-0.3, -0.25) is 4.79 Å². The Morgan fingerprint density at radius 3 is 2.67 bits per heavy atom. The van der Waals surface area contributed by atoms with E-state index in [0.717, 1.165) is 6.42 Å². The second-order valence-electron chi connectivity index (χ2n) is 4.55. The number of hydrogen-bond donors (Lipinski definition) is 4. The first kappa shape index (κ1) is 17.4. The van der Waals surface area contributed by atoms with Crippen molar-refractivity contribution in [3.05, 3.63) is 28.8 Å².